The number of benzene rings is 2. The van der Waals surface area contributed by atoms with Gasteiger partial charge in [0.25, 0.3) is 0 Å². The molecule has 0 amide bonds. The minimum absolute atomic E-state index is 0.541. The first kappa shape index (κ1) is 15.8. The Hall–Kier alpha value is -3.45. The van der Waals surface area contributed by atoms with E-state index in [2.05, 4.69) is 54.4 Å². The minimum atomic E-state index is 0.541. The quantitative estimate of drug-likeness (QED) is 0.396. The summed E-state index contributed by atoms with van der Waals surface area (Å²) in [5, 5.41) is 18.1. The lowest BCUT2D eigenvalue weighted by molar-refractivity contribution is 1.05. The molecule has 132 valence electrons. The van der Waals surface area contributed by atoms with Gasteiger partial charge in [-0.15, -0.1) is 11.3 Å². The number of hydrogen-bond acceptors (Lipinski definition) is 6. The number of thiophene rings is 1. The second-order valence-corrected chi connectivity index (χ2v) is 7.22. The number of nitrogens with zero attached hydrogens (tertiary/aromatic N) is 3. The molecule has 0 atom stereocenters. The fourth-order valence-corrected chi connectivity index (χ4v) is 3.82. The molecule has 0 bridgehead atoms. The van der Waals surface area contributed by atoms with E-state index in [-0.39, 0.29) is 0 Å². The fourth-order valence-electron chi connectivity index (χ4n) is 2.99. The van der Waals surface area contributed by atoms with E-state index in [1.807, 2.05) is 43.3 Å². The second kappa shape index (κ2) is 6.37. The first-order valence-electron chi connectivity index (χ1n) is 8.55. The van der Waals surface area contributed by atoms with Gasteiger partial charge in [0, 0.05) is 27.5 Å². The zero-order valence-electron chi connectivity index (χ0n) is 14.5. The van der Waals surface area contributed by atoms with Crippen LogP contribution in [0.2, 0.25) is 0 Å². The van der Waals surface area contributed by atoms with Gasteiger partial charge in [0.1, 0.15) is 5.82 Å². The lowest BCUT2D eigenvalue weighted by atomic mass is 10.2. The predicted molar refractivity (Wildman–Crippen MR) is 111 cm³/mol. The molecule has 6 nitrogen and oxygen atoms in total. The molecular weight excluding hydrogens is 356 g/mol. The molecule has 0 unspecified atom stereocenters. The number of aromatic amines is 1. The summed E-state index contributed by atoms with van der Waals surface area (Å²) in [5.41, 5.74) is 2.81. The van der Waals surface area contributed by atoms with Crippen LogP contribution in [0.5, 0.6) is 0 Å². The number of aryl methyl sites for hydroxylation is 1. The summed E-state index contributed by atoms with van der Waals surface area (Å²) in [4.78, 5) is 9.34. The van der Waals surface area contributed by atoms with Crippen molar-refractivity contribution in [3.05, 3.63) is 65.7 Å². The highest BCUT2D eigenvalue weighted by Crippen LogP contribution is 2.28. The Balaban J connectivity index is 1.55. The van der Waals surface area contributed by atoms with Gasteiger partial charge in [-0.1, -0.05) is 18.2 Å². The van der Waals surface area contributed by atoms with E-state index in [1.54, 1.807) is 11.3 Å². The molecule has 3 aromatic heterocycles. The van der Waals surface area contributed by atoms with Crippen molar-refractivity contribution < 1.29 is 0 Å². The molecule has 2 aromatic carbocycles. The Labute approximate surface area is 159 Å². The second-order valence-electron chi connectivity index (χ2n) is 6.27. The minimum Gasteiger partial charge on any atom is -0.324 e. The molecule has 0 saturated carbocycles. The summed E-state index contributed by atoms with van der Waals surface area (Å²) in [6.45, 7) is 1.96. The molecule has 0 spiro atoms. The zero-order chi connectivity index (χ0) is 18.2. The van der Waals surface area contributed by atoms with Crippen LogP contribution >= 0.6 is 11.3 Å². The van der Waals surface area contributed by atoms with Crippen LogP contribution in [-0.2, 0) is 0 Å². The van der Waals surface area contributed by atoms with Crippen LogP contribution < -0.4 is 10.6 Å². The summed E-state index contributed by atoms with van der Waals surface area (Å²) < 4.78 is 1.23. The highest BCUT2D eigenvalue weighted by atomic mass is 32.1. The Morgan fingerprint density at radius 3 is 2.78 bits per heavy atom. The molecule has 0 saturated heterocycles. The molecule has 0 aliphatic carbocycles. The number of rotatable bonds is 4. The highest BCUT2D eigenvalue weighted by molar-refractivity contribution is 7.17. The molecular formula is C20H16N6S. The van der Waals surface area contributed by atoms with Crippen molar-refractivity contribution in [2.75, 3.05) is 10.6 Å². The number of aromatic nitrogens is 4. The largest absolute Gasteiger partial charge is 0.324 e. The monoisotopic (exact) mass is 372 g/mol. The molecule has 5 rings (SSSR count). The van der Waals surface area contributed by atoms with E-state index in [1.165, 1.54) is 10.1 Å². The zero-order valence-corrected chi connectivity index (χ0v) is 15.3. The van der Waals surface area contributed by atoms with Crippen LogP contribution in [0.4, 0.5) is 23.3 Å². The van der Waals surface area contributed by atoms with Gasteiger partial charge in [-0.3, -0.25) is 5.10 Å². The molecule has 0 fully saturated rings. The predicted octanol–water partition coefficient (Wildman–Crippen LogP) is 5.36. The molecule has 0 aliphatic rings. The van der Waals surface area contributed by atoms with E-state index in [9.17, 15) is 0 Å². The van der Waals surface area contributed by atoms with Gasteiger partial charge in [0.05, 0.1) is 5.52 Å². The maximum absolute atomic E-state index is 4.68. The highest BCUT2D eigenvalue weighted by Gasteiger charge is 2.10. The number of fused-ring (bicyclic) bond motifs is 2. The van der Waals surface area contributed by atoms with Crippen LogP contribution in [0, 0.1) is 6.92 Å². The third-order valence-corrected chi connectivity index (χ3v) is 5.15. The average Bonchev–Trinajstić information content (AvgIpc) is 3.30. The number of nitrogens with one attached hydrogen (secondary N) is 3. The average molecular weight is 372 g/mol. The topological polar surface area (TPSA) is 78.5 Å². The van der Waals surface area contributed by atoms with Crippen molar-refractivity contribution in [3.8, 4) is 0 Å². The van der Waals surface area contributed by atoms with E-state index >= 15 is 0 Å². The van der Waals surface area contributed by atoms with Crippen molar-refractivity contribution in [1.82, 2.24) is 20.2 Å². The van der Waals surface area contributed by atoms with Crippen LogP contribution in [-0.4, -0.2) is 20.2 Å². The lowest BCUT2D eigenvalue weighted by Crippen LogP contribution is -2.02. The summed E-state index contributed by atoms with van der Waals surface area (Å²) in [7, 11) is 0. The van der Waals surface area contributed by atoms with Gasteiger partial charge >= 0.3 is 0 Å². The summed E-state index contributed by atoms with van der Waals surface area (Å²) >= 11 is 1.72. The Kier molecular flexibility index (Phi) is 3.72. The standard InChI is InChI=1S/C20H16N6S/c1-12-10-18(26-25-12)23-19-15-4-2-3-5-16(15)22-20(24-19)21-14-7-6-13-8-9-27-17(13)11-14/h2-11H,1H3,(H3,21,22,23,24,25,26). The van der Waals surface area contributed by atoms with Crippen LogP contribution in [0.1, 0.15) is 5.69 Å². The van der Waals surface area contributed by atoms with Crippen LogP contribution in [0.3, 0.4) is 0 Å². The third kappa shape index (κ3) is 3.09. The van der Waals surface area contributed by atoms with E-state index in [0.717, 1.165) is 28.1 Å². The maximum atomic E-state index is 4.68. The number of hydrogen-bond donors (Lipinski definition) is 3. The van der Waals surface area contributed by atoms with E-state index < -0.39 is 0 Å². The normalized spacial score (nSPS) is 11.1. The van der Waals surface area contributed by atoms with Crippen molar-refractivity contribution >= 4 is 55.6 Å². The molecule has 3 heterocycles. The summed E-state index contributed by atoms with van der Waals surface area (Å²) in [5.74, 6) is 1.98. The van der Waals surface area contributed by atoms with Crippen molar-refractivity contribution in [3.63, 3.8) is 0 Å². The maximum Gasteiger partial charge on any atom is 0.229 e. The van der Waals surface area contributed by atoms with E-state index in [0.29, 0.717) is 11.8 Å². The number of para-hydroxylation sites is 1. The van der Waals surface area contributed by atoms with Crippen molar-refractivity contribution in [1.29, 1.82) is 0 Å². The van der Waals surface area contributed by atoms with E-state index in [4.69, 9.17) is 0 Å². The van der Waals surface area contributed by atoms with Crippen LogP contribution in [0.25, 0.3) is 21.0 Å². The molecule has 0 radical (unpaired) electrons. The molecule has 3 N–H and O–H groups in total. The number of anilines is 4. The number of H-pyrrole nitrogens is 1. The fraction of sp³-hybridized carbons (Fsp3) is 0.0500. The van der Waals surface area contributed by atoms with Crippen molar-refractivity contribution in [2.45, 2.75) is 6.92 Å². The van der Waals surface area contributed by atoms with Crippen LogP contribution in [0.15, 0.2) is 60.0 Å². The summed E-state index contributed by atoms with van der Waals surface area (Å²) in [6.07, 6.45) is 0. The first-order valence-corrected chi connectivity index (χ1v) is 9.43. The van der Waals surface area contributed by atoms with Gasteiger partial charge in [0.15, 0.2) is 5.82 Å². The van der Waals surface area contributed by atoms with Gasteiger partial charge in [-0.05, 0) is 48.0 Å². The van der Waals surface area contributed by atoms with Gasteiger partial charge in [-0.2, -0.15) is 10.1 Å². The Morgan fingerprint density at radius 2 is 1.89 bits per heavy atom. The Bertz CT molecular complexity index is 1260. The first-order chi connectivity index (χ1) is 13.2. The van der Waals surface area contributed by atoms with Gasteiger partial charge < -0.3 is 10.6 Å². The van der Waals surface area contributed by atoms with Gasteiger partial charge in [-0.25, -0.2) is 4.98 Å². The molecule has 5 aromatic rings. The van der Waals surface area contributed by atoms with Crippen molar-refractivity contribution in [2.24, 2.45) is 0 Å². The SMILES string of the molecule is Cc1cc(Nc2nc(Nc3ccc4ccsc4c3)nc3ccccc23)n[nH]1. The molecule has 0 aliphatic heterocycles. The smallest absolute Gasteiger partial charge is 0.229 e. The third-order valence-electron chi connectivity index (χ3n) is 4.27. The van der Waals surface area contributed by atoms with Gasteiger partial charge in [0.2, 0.25) is 5.95 Å². The Morgan fingerprint density at radius 1 is 0.963 bits per heavy atom. The molecule has 7 heteroatoms. The summed E-state index contributed by atoms with van der Waals surface area (Å²) in [6, 6.07) is 18.2. The lowest BCUT2D eigenvalue weighted by Gasteiger charge is -2.10. The molecule has 27 heavy (non-hydrogen) atoms.